The molecule has 0 fully saturated rings. The first-order valence-electron chi connectivity index (χ1n) is 11.2. The number of benzene rings is 3. The lowest BCUT2D eigenvalue weighted by Gasteiger charge is -2.33. The number of methoxy groups -OCH3 is 3. The second-order valence-electron chi connectivity index (χ2n) is 8.03. The van der Waals surface area contributed by atoms with E-state index in [1.807, 2.05) is 0 Å². The Morgan fingerprint density at radius 1 is 1.03 bits per heavy atom. The Bertz CT molecular complexity index is 1460. The van der Waals surface area contributed by atoms with Gasteiger partial charge in [0.05, 0.1) is 55.2 Å². The van der Waals surface area contributed by atoms with Crippen molar-refractivity contribution >= 4 is 44.3 Å². The van der Waals surface area contributed by atoms with Gasteiger partial charge < -0.3 is 18.8 Å². The predicted molar refractivity (Wildman–Crippen MR) is 138 cm³/mol. The van der Waals surface area contributed by atoms with Crippen LogP contribution in [-0.2, 0) is 32.4 Å². The maximum absolute atomic E-state index is 13.8. The summed E-state index contributed by atoms with van der Waals surface area (Å²) in [4.78, 5) is 12.1. The molecule has 3 aromatic rings. The Balaban J connectivity index is 1.86. The Labute approximate surface area is 217 Å². The van der Waals surface area contributed by atoms with E-state index >= 15 is 0 Å². The Morgan fingerprint density at radius 2 is 1.78 bits per heavy atom. The van der Waals surface area contributed by atoms with Crippen molar-refractivity contribution in [2.75, 3.05) is 36.5 Å². The molecule has 0 N–H and O–H groups in total. The lowest BCUT2D eigenvalue weighted by molar-refractivity contribution is 0.0596. The first-order valence-corrected chi connectivity index (χ1v) is 13.6. The minimum Gasteiger partial charge on any atom is -0.755 e. The zero-order chi connectivity index (χ0) is 26.7. The number of fused-ring (bicyclic) bond motifs is 1. The summed E-state index contributed by atoms with van der Waals surface area (Å²) in [6.45, 7) is 0.150. The van der Waals surface area contributed by atoms with Crippen LogP contribution < -0.4 is 18.1 Å². The number of esters is 1. The third-order valence-corrected chi connectivity index (χ3v) is 8.57. The summed E-state index contributed by atoms with van der Waals surface area (Å²) in [7, 11) is -0.147. The number of carbonyl (C=O) groups excluding carboxylic acids is 1. The average Bonchev–Trinajstić information content (AvgIpc) is 2.92. The third kappa shape index (κ3) is 4.99. The van der Waals surface area contributed by atoms with E-state index in [0.717, 1.165) is 9.87 Å². The number of anilines is 3. The van der Waals surface area contributed by atoms with Crippen molar-refractivity contribution in [2.45, 2.75) is 17.7 Å². The second-order valence-corrected chi connectivity index (χ2v) is 10.7. The Kier molecular flexibility index (Phi) is 7.71. The van der Waals surface area contributed by atoms with Crippen LogP contribution in [0.3, 0.4) is 0 Å². The van der Waals surface area contributed by atoms with E-state index in [1.165, 1.54) is 56.0 Å². The van der Waals surface area contributed by atoms with E-state index in [1.54, 1.807) is 30.3 Å². The molecule has 1 aliphatic rings. The molecule has 37 heavy (non-hydrogen) atoms. The normalized spacial score (nSPS) is 13.9. The van der Waals surface area contributed by atoms with Gasteiger partial charge in [-0.15, -0.1) is 0 Å². The van der Waals surface area contributed by atoms with Crippen molar-refractivity contribution in [1.29, 1.82) is 0 Å². The fourth-order valence-corrected chi connectivity index (χ4v) is 6.56. The van der Waals surface area contributed by atoms with Crippen LogP contribution in [0.25, 0.3) is 0 Å². The number of carbonyl (C=O) groups is 1. The molecule has 12 heteroatoms. The number of aryl methyl sites for hydroxylation is 1. The molecule has 0 bridgehead atoms. The summed E-state index contributed by atoms with van der Waals surface area (Å²) >= 11 is -2.79. The van der Waals surface area contributed by atoms with Gasteiger partial charge in [0.15, 0.2) is 0 Å². The summed E-state index contributed by atoms with van der Waals surface area (Å²) in [5.41, 5.74) is 1.35. The van der Waals surface area contributed by atoms with Crippen molar-refractivity contribution in [1.82, 2.24) is 0 Å². The summed E-state index contributed by atoms with van der Waals surface area (Å²) in [6, 6.07) is 15.3. The van der Waals surface area contributed by atoms with Crippen molar-refractivity contribution in [3.05, 3.63) is 71.8 Å². The highest BCUT2D eigenvalue weighted by atomic mass is 32.2. The van der Waals surface area contributed by atoms with Gasteiger partial charge in [0, 0.05) is 12.6 Å². The highest BCUT2D eigenvalue weighted by Gasteiger charge is 2.33. The van der Waals surface area contributed by atoms with E-state index in [-0.39, 0.29) is 34.1 Å². The lowest BCUT2D eigenvalue weighted by Crippen LogP contribution is -2.36. The largest absolute Gasteiger partial charge is 0.755 e. The first kappa shape index (κ1) is 26.5. The van der Waals surface area contributed by atoms with Gasteiger partial charge in [0.2, 0.25) is 0 Å². The highest BCUT2D eigenvalue weighted by Crippen LogP contribution is 2.41. The first-order chi connectivity index (χ1) is 17.7. The van der Waals surface area contributed by atoms with E-state index < -0.39 is 27.3 Å². The SMILES string of the molecule is COC(=O)c1ccccc1S(=O)(=O)N1CCCc2ccc(N(c3cc(OC)ccc3OC)S(=O)[O-])cc21. The molecule has 0 saturated carbocycles. The maximum Gasteiger partial charge on any atom is 0.339 e. The van der Waals surface area contributed by atoms with Crippen LogP contribution in [0.5, 0.6) is 11.5 Å². The molecule has 1 unspecified atom stereocenters. The van der Waals surface area contributed by atoms with Crippen LogP contribution in [0.1, 0.15) is 22.3 Å². The van der Waals surface area contributed by atoms with Crippen molar-refractivity contribution in [3.63, 3.8) is 0 Å². The molecule has 10 nitrogen and oxygen atoms in total. The van der Waals surface area contributed by atoms with Crippen molar-refractivity contribution < 1.29 is 36.2 Å². The van der Waals surface area contributed by atoms with Gasteiger partial charge in [-0.3, -0.25) is 12.8 Å². The molecular formula is C25H25N2O8S2-. The summed E-state index contributed by atoms with van der Waals surface area (Å²) in [6.07, 6.45) is 1.15. The van der Waals surface area contributed by atoms with Gasteiger partial charge in [-0.05, 0) is 54.8 Å². The maximum atomic E-state index is 13.8. The summed E-state index contributed by atoms with van der Waals surface area (Å²) in [5, 5.41) is 0. The topological polar surface area (TPSA) is 126 Å². The fourth-order valence-electron chi connectivity index (χ4n) is 4.26. The number of nitrogens with zero attached hydrogens (tertiary/aromatic N) is 2. The predicted octanol–water partition coefficient (Wildman–Crippen LogP) is 3.56. The van der Waals surface area contributed by atoms with Crippen LogP contribution in [0.15, 0.2) is 65.6 Å². The Morgan fingerprint density at radius 3 is 2.46 bits per heavy atom. The van der Waals surface area contributed by atoms with Crippen LogP contribution in [0, 0.1) is 0 Å². The molecule has 3 aromatic carbocycles. The monoisotopic (exact) mass is 545 g/mol. The van der Waals surface area contributed by atoms with Gasteiger partial charge in [-0.2, -0.15) is 0 Å². The summed E-state index contributed by atoms with van der Waals surface area (Å²) in [5.74, 6) is -0.0877. The van der Waals surface area contributed by atoms with Crippen molar-refractivity contribution in [3.8, 4) is 11.5 Å². The molecule has 1 aliphatic heterocycles. The third-order valence-electron chi connectivity index (χ3n) is 5.99. The molecule has 0 spiro atoms. The van der Waals surface area contributed by atoms with E-state index in [2.05, 4.69) is 0 Å². The molecule has 0 amide bonds. The van der Waals surface area contributed by atoms with Gasteiger partial charge in [0.1, 0.15) is 16.4 Å². The smallest absolute Gasteiger partial charge is 0.339 e. The van der Waals surface area contributed by atoms with Gasteiger partial charge in [0.25, 0.3) is 10.0 Å². The molecule has 0 aromatic heterocycles. The van der Waals surface area contributed by atoms with E-state index in [9.17, 15) is 22.0 Å². The molecule has 0 radical (unpaired) electrons. The molecular weight excluding hydrogens is 520 g/mol. The lowest BCUT2D eigenvalue weighted by atomic mass is 10.0. The summed E-state index contributed by atoms with van der Waals surface area (Å²) < 4.78 is 70.1. The molecule has 0 saturated heterocycles. The molecule has 1 atom stereocenters. The van der Waals surface area contributed by atoms with Crippen LogP contribution in [0.4, 0.5) is 17.1 Å². The quantitative estimate of drug-likeness (QED) is 0.311. The highest BCUT2D eigenvalue weighted by molar-refractivity contribution is 7.93. The van der Waals surface area contributed by atoms with Crippen LogP contribution >= 0.6 is 0 Å². The van der Waals surface area contributed by atoms with Crippen LogP contribution in [-0.4, -0.2) is 51.0 Å². The minimum absolute atomic E-state index is 0.0864. The molecule has 4 rings (SSSR count). The fraction of sp³-hybridized carbons (Fsp3) is 0.240. The number of sulfonamides is 1. The number of ether oxygens (including phenoxy) is 3. The van der Waals surface area contributed by atoms with E-state index in [0.29, 0.717) is 24.3 Å². The molecule has 196 valence electrons. The number of hydrogen-bond donors (Lipinski definition) is 0. The second kappa shape index (κ2) is 10.8. The van der Waals surface area contributed by atoms with Gasteiger partial charge >= 0.3 is 5.97 Å². The van der Waals surface area contributed by atoms with Gasteiger partial charge in [-0.25, -0.2) is 13.2 Å². The zero-order valence-corrected chi connectivity index (χ0v) is 22.0. The molecule has 0 aliphatic carbocycles. The van der Waals surface area contributed by atoms with Crippen molar-refractivity contribution in [2.24, 2.45) is 0 Å². The number of hydrogen-bond acceptors (Lipinski definition) is 8. The molecule has 1 heterocycles. The average molecular weight is 546 g/mol. The van der Waals surface area contributed by atoms with Gasteiger partial charge in [-0.1, -0.05) is 18.2 Å². The van der Waals surface area contributed by atoms with E-state index in [4.69, 9.17) is 14.2 Å². The zero-order valence-electron chi connectivity index (χ0n) is 20.4. The minimum atomic E-state index is -4.20. The number of rotatable bonds is 8. The standard InChI is InChI=1S/C25H26N2O8S2/c1-33-19-12-13-23(34-2)22(16-19)27(36(29)30)18-11-10-17-7-6-14-26(21(17)15-18)37(31,32)24-9-5-4-8-20(24)25(28)35-3/h4-5,8-13,15-16H,6-7,14H2,1-3H3,(H,29,30)/p-1. The van der Waals surface area contributed by atoms with Crippen LogP contribution in [0.2, 0.25) is 0 Å². The Hall–Kier alpha value is -3.61.